The van der Waals surface area contributed by atoms with Gasteiger partial charge in [0.1, 0.15) is 5.56 Å². The molecule has 1 aliphatic heterocycles. The Bertz CT molecular complexity index is 1380. The third kappa shape index (κ3) is 3.95. The molecular weight excluding hydrogens is 442 g/mol. The van der Waals surface area contributed by atoms with Crippen LogP contribution in [0.25, 0.3) is 33.2 Å². The molecule has 1 saturated carbocycles. The van der Waals surface area contributed by atoms with Crippen molar-refractivity contribution in [2.75, 3.05) is 25.1 Å². The molecule has 6 rings (SSSR count). The van der Waals surface area contributed by atoms with Gasteiger partial charge in [0.2, 0.25) is 0 Å². The fourth-order valence-electron chi connectivity index (χ4n) is 5.87. The number of likely N-dealkylation sites (N-methyl/N-ethyl adjacent to an activating group) is 1. The minimum atomic E-state index is -0.971. The van der Waals surface area contributed by atoms with Gasteiger partial charge in [0.15, 0.2) is 0 Å². The summed E-state index contributed by atoms with van der Waals surface area (Å²) >= 11 is 0. The number of benzene rings is 2. The Morgan fingerprint density at radius 3 is 2.80 bits per heavy atom. The number of carboxylic acids is 1. The van der Waals surface area contributed by atoms with Crippen LogP contribution in [0.5, 0.6) is 0 Å². The number of H-pyrrole nitrogens is 1. The molecule has 8 nitrogen and oxygen atoms in total. The second-order valence-electron chi connectivity index (χ2n) is 9.91. The number of rotatable bonds is 6. The number of fused-ring (bicyclic) bond motifs is 2. The molecule has 2 aliphatic rings. The number of aromatic carboxylic acids is 1. The van der Waals surface area contributed by atoms with Crippen molar-refractivity contribution in [3.05, 3.63) is 42.5 Å². The maximum absolute atomic E-state index is 12.3. The topological polar surface area (TPSA) is 96.3 Å². The number of carboxylic acid groups (broad SMARTS) is 1. The number of hydrogen-bond donors (Lipinski definition) is 2. The highest BCUT2D eigenvalue weighted by Gasteiger charge is 2.26. The molecule has 2 aromatic heterocycles. The first kappa shape index (κ1) is 22.1. The van der Waals surface area contributed by atoms with Gasteiger partial charge < -0.3 is 24.3 Å². The summed E-state index contributed by atoms with van der Waals surface area (Å²) in [7, 11) is 1.93. The van der Waals surface area contributed by atoms with Crippen molar-refractivity contribution in [1.29, 1.82) is 0 Å². The Balaban J connectivity index is 1.44. The lowest BCUT2D eigenvalue weighted by Gasteiger charge is -2.25. The third-order valence-corrected chi connectivity index (χ3v) is 7.66. The molecule has 182 valence electrons. The molecule has 2 aromatic carbocycles. The quantitative estimate of drug-likeness (QED) is 0.389. The Labute approximate surface area is 203 Å². The van der Waals surface area contributed by atoms with E-state index < -0.39 is 5.97 Å². The number of anilines is 1. The van der Waals surface area contributed by atoms with Crippen LogP contribution in [-0.2, 0) is 4.74 Å². The molecule has 2 fully saturated rings. The van der Waals surface area contributed by atoms with E-state index in [0.717, 1.165) is 41.6 Å². The summed E-state index contributed by atoms with van der Waals surface area (Å²) < 4.78 is 8.14. The zero-order valence-corrected chi connectivity index (χ0v) is 20.0. The predicted molar refractivity (Wildman–Crippen MR) is 136 cm³/mol. The molecule has 0 amide bonds. The lowest BCUT2D eigenvalue weighted by molar-refractivity contribution is 0.0699. The smallest absolute Gasteiger partial charge is 0.340 e. The summed E-state index contributed by atoms with van der Waals surface area (Å²) in [4.78, 5) is 26.7. The monoisotopic (exact) mass is 473 g/mol. The molecule has 0 bridgehead atoms. The van der Waals surface area contributed by atoms with Gasteiger partial charge in [0, 0.05) is 31.8 Å². The third-order valence-electron chi connectivity index (χ3n) is 7.66. The maximum atomic E-state index is 12.3. The van der Waals surface area contributed by atoms with Crippen molar-refractivity contribution in [2.24, 2.45) is 0 Å². The molecule has 3 heterocycles. The molecule has 1 unspecified atom stereocenters. The molecule has 35 heavy (non-hydrogen) atoms. The van der Waals surface area contributed by atoms with Gasteiger partial charge in [0.05, 0.1) is 46.5 Å². The molecular formula is C27H31N5O3. The van der Waals surface area contributed by atoms with Crippen molar-refractivity contribution in [2.45, 2.75) is 57.1 Å². The van der Waals surface area contributed by atoms with Crippen molar-refractivity contribution in [3.8, 4) is 11.1 Å². The van der Waals surface area contributed by atoms with Gasteiger partial charge in [-0.3, -0.25) is 0 Å². The van der Waals surface area contributed by atoms with E-state index in [-0.39, 0.29) is 11.7 Å². The Morgan fingerprint density at radius 1 is 1.17 bits per heavy atom. The van der Waals surface area contributed by atoms with Crippen LogP contribution in [0.15, 0.2) is 36.9 Å². The van der Waals surface area contributed by atoms with E-state index in [1.165, 1.54) is 32.1 Å². The zero-order chi connectivity index (χ0) is 23.9. The largest absolute Gasteiger partial charge is 0.478 e. The van der Waals surface area contributed by atoms with Crippen molar-refractivity contribution in [3.63, 3.8) is 0 Å². The maximum Gasteiger partial charge on any atom is 0.340 e. The number of imidazole rings is 2. The number of aromatic nitrogens is 4. The Hall–Kier alpha value is -3.39. The average molecular weight is 474 g/mol. The van der Waals surface area contributed by atoms with Gasteiger partial charge in [-0.25, -0.2) is 14.8 Å². The van der Waals surface area contributed by atoms with Crippen LogP contribution < -0.4 is 4.90 Å². The Morgan fingerprint density at radius 2 is 2.03 bits per heavy atom. The normalized spacial score (nSPS) is 19.1. The van der Waals surface area contributed by atoms with Gasteiger partial charge >= 0.3 is 5.97 Å². The standard InChI is InChI=1S/C27H31N5O3/c1-31(14-19-8-5-11-35-19)23-13-20(25-26(29-15-28-25)24(23)27(33)34)17-9-10-22-21(12-17)30-16-32(22)18-6-3-2-4-7-18/h9-10,12-13,15-16,18-19H,2-8,11,14H2,1H3,(H,28,29)(H,33,34). The molecule has 1 saturated heterocycles. The van der Waals surface area contributed by atoms with Gasteiger partial charge in [-0.15, -0.1) is 0 Å². The van der Waals surface area contributed by atoms with Crippen molar-refractivity contribution < 1.29 is 14.6 Å². The first-order valence-electron chi connectivity index (χ1n) is 12.6. The first-order valence-corrected chi connectivity index (χ1v) is 12.6. The van der Waals surface area contributed by atoms with Crippen molar-refractivity contribution in [1.82, 2.24) is 19.5 Å². The number of nitrogens with one attached hydrogen (secondary N) is 1. The predicted octanol–water partition coefficient (Wildman–Crippen LogP) is 5.40. The number of aromatic amines is 1. The van der Waals surface area contributed by atoms with E-state index in [0.29, 0.717) is 29.3 Å². The summed E-state index contributed by atoms with van der Waals surface area (Å²) in [5.41, 5.74) is 6.07. The van der Waals surface area contributed by atoms with Crippen LogP contribution in [0.4, 0.5) is 5.69 Å². The van der Waals surface area contributed by atoms with Crippen LogP contribution in [0.2, 0.25) is 0 Å². The number of nitrogens with zero attached hydrogens (tertiary/aromatic N) is 4. The first-order chi connectivity index (χ1) is 17.1. The van der Waals surface area contributed by atoms with E-state index in [1.54, 1.807) is 6.33 Å². The van der Waals surface area contributed by atoms with Crippen LogP contribution in [-0.4, -0.2) is 56.9 Å². The summed E-state index contributed by atoms with van der Waals surface area (Å²) in [6.07, 6.45) is 12.0. The molecule has 1 aliphatic carbocycles. The van der Waals surface area contributed by atoms with Crippen LogP contribution in [0.1, 0.15) is 61.3 Å². The number of ether oxygens (including phenoxy) is 1. The fraction of sp³-hybridized carbons (Fsp3) is 0.444. The van der Waals surface area contributed by atoms with E-state index in [2.05, 4.69) is 32.7 Å². The van der Waals surface area contributed by atoms with Gasteiger partial charge in [-0.1, -0.05) is 25.3 Å². The van der Waals surface area contributed by atoms with Crippen LogP contribution >= 0.6 is 0 Å². The Kier molecular flexibility index (Phi) is 5.68. The van der Waals surface area contributed by atoms with E-state index in [9.17, 15) is 9.90 Å². The SMILES string of the molecule is CN(CC1CCCO1)c1cc(-c2ccc3c(c2)ncn3C2CCCCC2)c2nc[nH]c2c1C(=O)O. The fourth-order valence-corrected chi connectivity index (χ4v) is 5.87. The van der Waals surface area contributed by atoms with E-state index >= 15 is 0 Å². The lowest BCUT2D eigenvalue weighted by atomic mass is 9.95. The summed E-state index contributed by atoms with van der Waals surface area (Å²) in [6, 6.07) is 8.83. The second-order valence-corrected chi connectivity index (χ2v) is 9.91. The second kappa shape index (κ2) is 9.00. The molecule has 8 heteroatoms. The van der Waals surface area contributed by atoms with E-state index in [1.807, 2.05) is 24.3 Å². The summed E-state index contributed by atoms with van der Waals surface area (Å²) in [5, 5.41) is 10.1. The average Bonchev–Trinajstić information content (AvgIpc) is 3.63. The molecule has 2 N–H and O–H groups in total. The van der Waals surface area contributed by atoms with E-state index in [4.69, 9.17) is 9.72 Å². The highest BCUT2D eigenvalue weighted by atomic mass is 16.5. The molecule has 0 spiro atoms. The van der Waals surface area contributed by atoms with Crippen molar-refractivity contribution >= 4 is 33.7 Å². The number of hydrogen-bond acceptors (Lipinski definition) is 5. The van der Waals surface area contributed by atoms with Gasteiger partial charge in [-0.05, 0) is 49.4 Å². The zero-order valence-electron chi connectivity index (χ0n) is 20.0. The minimum absolute atomic E-state index is 0.114. The summed E-state index contributed by atoms with van der Waals surface area (Å²) in [5.74, 6) is -0.971. The molecule has 4 aromatic rings. The number of carbonyl (C=O) groups is 1. The lowest BCUT2D eigenvalue weighted by Crippen LogP contribution is -2.30. The highest BCUT2D eigenvalue weighted by Crippen LogP contribution is 2.38. The van der Waals surface area contributed by atoms with Gasteiger partial charge in [-0.2, -0.15) is 0 Å². The molecule has 0 radical (unpaired) electrons. The van der Waals surface area contributed by atoms with Gasteiger partial charge in [0.25, 0.3) is 0 Å². The highest BCUT2D eigenvalue weighted by molar-refractivity contribution is 6.11. The molecule has 1 atom stereocenters. The minimum Gasteiger partial charge on any atom is -0.478 e. The van der Waals surface area contributed by atoms with Crippen LogP contribution in [0.3, 0.4) is 0 Å². The van der Waals surface area contributed by atoms with Crippen LogP contribution in [0, 0.1) is 0 Å². The summed E-state index contributed by atoms with van der Waals surface area (Å²) in [6.45, 7) is 1.41.